The summed E-state index contributed by atoms with van der Waals surface area (Å²) in [7, 11) is 0. The number of carbonyl (C=O) groups excluding carboxylic acids is 1. The molecule has 0 saturated heterocycles. The summed E-state index contributed by atoms with van der Waals surface area (Å²) in [5.74, 6) is -0.220. The smallest absolute Gasteiger partial charge is 0.259 e. The van der Waals surface area contributed by atoms with Gasteiger partial charge < -0.3 is 5.32 Å². The molecule has 88 valence electrons. The van der Waals surface area contributed by atoms with E-state index in [0.29, 0.717) is 16.3 Å². The second kappa shape index (κ2) is 4.59. The minimum Gasteiger partial charge on any atom is -0.321 e. The van der Waals surface area contributed by atoms with Crippen LogP contribution >= 0.6 is 11.6 Å². The van der Waals surface area contributed by atoms with Crippen molar-refractivity contribution in [3.05, 3.63) is 46.2 Å². The molecule has 1 aromatic carbocycles. The number of anilines is 1. The summed E-state index contributed by atoms with van der Waals surface area (Å²) in [6.45, 7) is 3.73. The quantitative estimate of drug-likeness (QED) is 0.860. The number of aromatic amines is 1. The number of nitrogens with zero attached hydrogens (tertiary/aromatic N) is 1. The molecule has 5 heteroatoms. The molecule has 0 atom stereocenters. The van der Waals surface area contributed by atoms with Crippen LogP contribution in [0.4, 0.5) is 5.69 Å². The van der Waals surface area contributed by atoms with Crippen molar-refractivity contribution >= 4 is 23.2 Å². The van der Waals surface area contributed by atoms with Crippen molar-refractivity contribution in [1.82, 2.24) is 10.2 Å². The van der Waals surface area contributed by atoms with Crippen molar-refractivity contribution in [1.29, 1.82) is 0 Å². The van der Waals surface area contributed by atoms with Crippen LogP contribution < -0.4 is 5.32 Å². The van der Waals surface area contributed by atoms with Crippen LogP contribution in [0.5, 0.6) is 0 Å². The van der Waals surface area contributed by atoms with Crippen molar-refractivity contribution in [2.45, 2.75) is 13.8 Å². The third kappa shape index (κ3) is 2.47. The lowest BCUT2D eigenvalue weighted by atomic mass is 10.2. The summed E-state index contributed by atoms with van der Waals surface area (Å²) in [5, 5.41) is 9.79. The normalized spacial score (nSPS) is 10.3. The topological polar surface area (TPSA) is 57.8 Å². The van der Waals surface area contributed by atoms with Crippen LogP contribution in [0.1, 0.15) is 21.6 Å². The second-order valence-corrected chi connectivity index (χ2v) is 4.25. The van der Waals surface area contributed by atoms with E-state index in [1.807, 2.05) is 13.0 Å². The largest absolute Gasteiger partial charge is 0.321 e. The molecule has 1 heterocycles. The van der Waals surface area contributed by atoms with Crippen LogP contribution in [-0.4, -0.2) is 16.1 Å². The number of hydrogen-bond donors (Lipinski definition) is 2. The monoisotopic (exact) mass is 249 g/mol. The molecule has 0 aliphatic rings. The number of hydrogen-bond acceptors (Lipinski definition) is 2. The zero-order chi connectivity index (χ0) is 12.4. The molecule has 2 rings (SSSR count). The first-order valence-corrected chi connectivity index (χ1v) is 5.53. The molecule has 1 aromatic heterocycles. The number of H-pyrrole nitrogens is 1. The third-order valence-corrected chi connectivity index (χ3v) is 2.76. The Hall–Kier alpha value is -1.81. The number of aryl methyl sites for hydroxylation is 2. The lowest BCUT2D eigenvalue weighted by molar-refractivity contribution is 0.102. The van der Waals surface area contributed by atoms with E-state index < -0.39 is 0 Å². The summed E-state index contributed by atoms with van der Waals surface area (Å²) in [5.41, 5.74) is 2.89. The maximum Gasteiger partial charge on any atom is 0.259 e. The third-order valence-electron chi connectivity index (χ3n) is 2.45. The molecule has 0 saturated carbocycles. The first-order chi connectivity index (χ1) is 8.08. The molecule has 0 unspecified atom stereocenters. The molecule has 2 aromatic rings. The van der Waals surface area contributed by atoms with E-state index in [1.165, 1.54) is 6.20 Å². The van der Waals surface area contributed by atoms with E-state index in [1.54, 1.807) is 19.1 Å². The molecule has 0 aliphatic heterocycles. The van der Waals surface area contributed by atoms with E-state index in [9.17, 15) is 4.79 Å². The zero-order valence-electron chi connectivity index (χ0n) is 9.54. The number of benzene rings is 1. The van der Waals surface area contributed by atoms with Gasteiger partial charge in [0.2, 0.25) is 0 Å². The van der Waals surface area contributed by atoms with Crippen molar-refractivity contribution in [3.63, 3.8) is 0 Å². The fourth-order valence-corrected chi connectivity index (χ4v) is 1.77. The van der Waals surface area contributed by atoms with Crippen molar-refractivity contribution in [2.24, 2.45) is 0 Å². The van der Waals surface area contributed by atoms with Gasteiger partial charge in [-0.25, -0.2) is 0 Å². The number of aromatic nitrogens is 2. The Balaban J connectivity index is 2.22. The van der Waals surface area contributed by atoms with Gasteiger partial charge in [-0.2, -0.15) is 5.10 Å². The molecule has 1 amide bonds. The summed E-state index contributed by atoms with van der Waals surface area (Å²) in [6, 6.07) is 5.48. The maximum atomic E-state index is 11.9. The number of amides is 1. The lowest BCUT2D eigenvalue weighted by Crippen LogP contribution is -2.12. The molecule has 0 aliphatic carbocycles. The number of halogens is 1. The van der Waals surface area contributed by atoms with Crippen LogP contribution in [0.25, 0.3) is 0 Å². The highest BCUT2D eigenvalue weighted by atomic mass is 35.5. The molecule has 0 fully saturated rings. The summed E-state index contributed by atoms with van der Waals surface area (Å²) >= 11 is 6.04. The molecule has 17 heavy (non-hydrogen) atoms. The molecule has 0 bridgehead atoms. The first-order valence-electron chi connectivity index (χ1n) is 5.15. The highest BCUT2D eigenvalue weighted by Crippen LogP contribution is 2.23. The van der Waals surface area contributed by atoms with Gasteiger partial charge in [0.25, 0.3) is 5.91 Å². The van der Waals surface area contributed by atoms with Gasteiger partial charge in [0, 0.05) is 5.69 Å². The Morgan fingerprint density at radius 3 is 2.76 bits per heavy atom. The SMILES string of the molecule is Cc1ccc(NC(=O)c2cn[nH]c2C)c(Cl)c1. The van der Waals surface area contributed by atoms with Crippen LogP contribution in [-0.2, 0) is 0 Å². The number of nitrogens with one attached hydrogen (secondary N) is 2. The zero-order valence-corrected chi connectivity index (χ0v) is 10.3. The first kappa shape index (κ1) is 11.7. The van der Waals surface area contributed by atoms with E-state index >= 15 is 0 Å². The van der Waals surface area contributed by atoms with E-state index in [4.69, 9.17) is 11.6 Å². The number of rotatable bonds is 2. The molecule has 0 radical (unpaired) electrons. The summed E-state index contributed by atoms with van der Waals surface area (Å²) in [6.07, 6.45) is 1.49. The molecular formula is C12H12ClN3O. The molecule has 4 nitrogen and oxygen atoms in total. The van der Waals surface area contributed by atoms with E-state index in [2.05, 4.69) is 15.5 Å². The highest BCUT2D eigenvalue weighted by molar-refractivity contribution is 6.34. The van der Waals surface area contributed by atoms with Gasteiger partial charge in [-0.3, -0.25) is 9.89 Å². The maximum absolute atomic E-state index is 11.9. The van der Waals surface area contributed by atoms with Gasteiger partial charge >= 0.3 is 0 Å². The standard InChI is InChI=1S/C12H12ClN3O/c1-7-3-4-11(10(13)5-7)15-12(17)9-6-14-16-8(9)2/h3-6H,1-2H3,(H,14,16)(H,15,17). The fourth-order valence-electron chi connectivity index (χ4n) is 1.49. The summed E-state index contributed by atoms with van der Waals surface area (Å²) in [4.78, 5) is 11.9. The average Bonchev–Trinajstić information content (AvgIpc) is 2.68. The van der Waals surface area contributed by atoms with Gasteiger partial charge in [-0.05, 0) is 31.5 Å². The van der Waals surface area contributed by atoms with Crippen LogP contribution in [0, 0.1) is 13.8 Å². The van der Waals surface area contributed by atoms with Gasteiger partial charge in [0.1, 0.15) is 0 Å². The van der Waals surface area contributed by atoms with Gasteiger partial charge in [-0.1, -0.05) is 17.7 Å². The Labute approximate surface area is 104 Å². The van der Waals surface area contributed by atoms with Gasteiger partial charge in [-0.15, -0.1) is 0 Å². The Bertz CT molecular complexity index is 563. The van der Waals surface area contributed by atoms with Crippen molar-refractivity contribution < 1.29 is 4.79 Å². The molecule has 0 spiro atoms. The average molecular weight is 250 g/mol. The van der Waals surface area contributed by atoms with Crippen molar-refractivity contribution in [2.75, 3.05) is 5.32 Å². The highest BCUT2D eigenvalue weighted by Gasteiger charge is 2.12. The van der Waals surface area contributed by atoms with Gasteiger partial charge in [0.05, 0.1) is 22.5 Å². The predicted molar refractivity (Wildman–Crippen MR) is 67.5 cm³/mol. The fraction of sp³-hybridized carbons (Fsp3) is 0.167. The minimum absolute atomic E-state index is 0.220. The van der Waals surface area contributed by atoms with E-state index in [0.717, 1.165) is 11.3 Å². The Kier molecular flexibility index (Phi) is 3.15. The molecule has 2 N–H and O–H groups in total. The molecular weight excluding hydrogens is 238 g/mol. The second-order valence-electron chi connectivity index (χ2n) is 3.85. The summed E-state index contributed by atoms with van der Waals surface area (Å²) < 4.78 is 0. The Morgan fingerprint density at radius 1 is 1.41 bits per heavy atom. The van der Waals surface area contributed by atoms with Crippen LogP contribution in [0.3, 0.4) is 0 Å². The number of carbonyl (C=O) groups is 1. The Morgan fingerprint density at radius 2 is 2.18 bits per heavy atom. The predicted octanol–water partition coefficient (Wildman–Crippen LogP) is 2.93. The lowest BCUT2D eigenvalue weighted by Gasteiger charge is -2.07. The van der Waals surface area contributed by atoms with Crippen LogP contribution in [0.15, 0.2) is 24.4 Å². The van der Waals surface area contributed by atoms with Crippen LogP contribution in [0.2, 0.25) is 5.02 Å². The minimum atomic E-state index is -0.220. The van der Waals surface area contributed by atoms with E-state index in [-0.39, 0.29) is 5.91 Å². The van der Waals surface area contributed by atoms with Crippen molar-refractivity contribution in [3.8, 4) is 0 Å². The van der Waals surface area contributed by atoms with Gasteiger partial charge in [0.15, 0.2) is 0 Å².